The maximum atomic E-state index is 13.9. The fraction of sp³-hybridized carbons (Fsp3) is 0.452. The second kappa shape index (κ2) is 10.1. The highest BCUT2D eigenvalue weighted by Crippen LogP contribution is 2.52. The first kappa shape index (κ1) is 28.7. The average molecular weight is 594 g/mol. The maximum absolute atomic E-state index is 13.9. The SMILES string of the molecule is CN(C)C1C(=O)C(C(N)=O)C(=O)C2(O)C(=O)C3C(=O)c4c(O)cc(CN5CCc6ccccc6C5)c(Cl)c4CC3CC12. The van der Waals surface area contributed by atoms with Gasteiger partial charge in [0, 0.05) is 30.6 Å². The number of carbonyl (C=O) groups excluding carboxylic acids is 5. The number of Topliss-reactive ketones (excluding diaryl/α,β-unsaturated/α-hetero) is 4. The van der Waals surface area contributed by atoms with Crippen molar-refractivity contribution in [3.63, 3.8) is 0 Å². The minimum Gasteiger partial charge on any atom is -0.507 e. The molecule has 2 saturated carbocycles. The lowest BCUT2D eigenvalue weighted by atomic mass is 9.52. The van der Waals surface area contributed by atoms with E-state index >= 15 is 0 Å². The van der Waals surface area contributed by atoms with E-state index in [4.69, 9.17) is 17.3 Å². The minimum absolute atomic E-state index is 0.0197. The number of aromatic hydroxyl groups is 1. The quantitative estimate of drug-likeness (QED) is 0.441. The van der Waals surface area contributed by atoms with Crippen molar-refractivity contribution in [2.45, 2.75) is 44.0 Å². The number of hydrogen-bond donors (Lipinski definition) is 3. The van der Waals surface area contributed by atoms with Crippen LogP contribution in [0.2, 0.25) is 5.02 Å². The van der Waals surface area contributed by atoms with Crippen LogP contribution in [0.3, 0.4) is 0 Å². The van der Waals surface area contributed by atoms with Crippen molar-refractivity contribution < 1.29 is 34.2 Å². The zero-order chi connectivity index (χ0) is 30.2. The zero-order valence-electron chi connectivity index (χ0n) is 23.3. The lowest BCUT2D eigenvalue weighted by molar-refractivity contribution is -0.181. The Morgan fingerprint density at radius 2 is 1.83 bits per heavy atom. The summed E-state index contributed by atoms with van der Waals surface area (Å²) in [6, 6.07) is 8.51. The van der Waals surface area contributed by atoms with Gasteiger partial charge < -0.3 is 15.9 Å². The fourth-order valence-corrected chi connectivity index (χ4v) is 8.04. The van der Waals surface area contributed by atoms with Crippen LogP contribution in [0.25, 0.3) is 0 Å². The van der Waals surface area contributed by atoms with Crippen LogP contribution in [0, 0.1) is 23.7 Å². The summed E-state index contributed by atoms with van der Waals surface area (Å²) in [6.45, 7) is 1.95. The first-order chi connectivity index (χ1) is 19.9. The first-order valence-corrected chi connectivity index (χ1v) is 14.4. The minimum atomic E-state index is -2.75. The summed E-state index contributed by atoms with van der Waals surface area (Å²) in [5, 5.41) is 23.1. The molecular formula is C31H32ClN3O7. The molecule has 2 aromatic rings. The second-order valence-corrected chi connectivity index (χ2v) is 12.6. The Labute approximate surface area is 247 Å². The number of carbonyl (C=O) groups is 5. The van der Waals surface area contributed by atoms with Gasteiger partial charge in [0.25, 0.3) is 0 Å². The van der Waals surface area contributed by atoms with Gasteiger partial charge in [-0.25, -0.2) is 0 Å². The number of phenols is 1. The summed E-state index contributed by atoms with van der Waals surface area (Å²) >= 11 is 6.90. The van der Waals surface area contributed by atoms with Crippen LogP contribution < -0.4 is 5.73 Å². The molecule has 6 rings (SSSR count). The monoisotopic (exact) mass is 593 g/mol. The highest BCUT2D eigenvalue weighted by atomic mass is 35.5. The lowest BCUT2D eigenvalue weighted by Crippen LogP contribution is -2.74. The summed E-state index contributed by atoms with van der Waals surface area (Å²) in [7, 11) is 3.10. The molecule has 2 fully saturated rings. The third-order valence-corrected chi connectivity index (χ3v) is 10.1. The van der Waals surface area contributed by atoms with Crippen LogP contribution in [0.1, 0.15) is 39.0 Å². The van der Waals surface area contributed by atoms with E-state index in [0.29, 0.717) is 29.2 Å². The van der Waals surface area contributed by atoms with Crippen LogP contribution >= 0.6 is 11.6 Å². The Morgan fingerprint density at radius 1 is 1.14 bits per heavy atom. The summed E-state index contributed by atoms with van der Waals surface area (Å²) in [6.07, 6.45) is 0.990. The number of primary amides is 1. The van der Waals surface area contributed by atoms with E-state index in [1.165, 1.54) is 22.1 Å². The lowest BCUT2D eigenvalue weighted by Gasteiger charge is -2.52. The molecule has 6 unspecified atom stereocenters. The van der Waals surface area contributed by atoms with Gasteiger partial charge in [0.15, 0.2) is 34.7 Å². The summed E-state index contributed by atoms with van der Waals surface area (Å²) in [5.74, 6) is -10.8. The molecule has 0 radical (unpaired) electrons. The standard InChI is InChI=1S/C31H32ClN3O7/c1-34(2)25-19-10-16-9-18-22(26(37)21(16)28(39)31(19,42)29(40)23(27(25)38)30(33)41)20(36)11-17(24(18)32)13-35-8-7-14-5-3-4-6-15(14)12-35/h3-6,11,16,19,21,23,25,36,42H,7-10,12-13H2,1-2H3,(H2,33,41). The van der Waals surface area contributed by atoms with Crippen LogP contribution in [0.15, 0.2) is 30.3 Å². The maximum Gasteiger partial charge on any atom is 0.235 e. The third kappa shape index (κ3) is 4.07. The number of likely N-dealkylation sites (N-methyl/N-ethyl adjacent to an activating group) is 1. The highest BCUT2D eigenvalue weighted by Gasteiger charge is 2.69. The van der Waals surface area contributed by atoms with Gasteiger partial charge in [0.1, 0.15) is 5.75 Å². The Kier molecular flexibility index (Phi) is 6.88. The van der Waals surface area contributed by atoms with E-state index in [-0.39, 0.29) is 24.2 Å². The van der Waals surface area contributed by atoms with Gasteiger partial charge in [-0.05, 0) is 67.6 Å². The van der Waals surface area contributed by atoms with Crippen molar-refractivity contribution in [3.05, 3.63) is 63.2 Å². The number of nitrogens with zero attached hydrogens (tertiary/aromatic N) is 2. The first-order valence-electron chi connectivity index (χ1n) is 14.0. The molecule has 4 N–H and O–H groups in total. The van der Waals surface area contributed by atoms with Crippen molar-refractivity contribution in [1.82, 2.24) is 9.80 Å². The van der Waals surface area contributed by atoms with Gasteiger partial charge in [0.2, 0.25) is 5.91 Å². The molecule has 4 aliphatic rings. The largest absolute Gasteiger partial charge is 0.507 e. The number of fused-ring (bicyclic) bond motifs is 4. The van der Waals surface area contributed by atoms with Crippen molar-refractivity contribution in [3.8, 4) is 5.75 Å². The number of benzene rings is 2. The van der Waals surface area contributed by atoms with Crippen LogP contribution in [-0.2, 0) is 45.1 Å². The number of amides is 1. The molecule has 1 heterocycles. The Morgan fingerprint density at radius 3 is 2.50 bits per heavy atom. The zero-order valence-corrected chi connectivity index (χ0v) is 24.1. The molecular weight excluding hydrogens is 562 g/mol. The number of nitrogens with two attached hydrogens (primary N) is 1. The van der Waals surface area contributed by atoms with E-state index in [1.807, 2.05) is 12.1 Å². The Hall–Kier alpha value is -3.44. The van der Waals surface area contributed by atoms with Crippen molar-refractivity contribution in [1.29, 1.82) is 0 Å². The molecule has 220 valence electrons. The molecule has 10 nitrogen and oxygen atoms in total. The Bertz CT molecular complexity index is 1570. The predicted molar refractivity (Wildman–Crippen MR) is 151 cm³/mol. The third-order valence-electron chi connectivity index (χ3n) is 9.67. The van der Waals surface area contributed by atoms with E-state index < -0.39 is 64.4 Å². The van der Waals surface area contributed by atoms with E-state index in [9.17, 15) is 34.2 Å². The molecule has 0 saturated heterocycles. The molecule has 6 atom stereocenters. The van der Waals surface area contributed by atoms with E-state index in [2.05, 4.69) is 17.0 Å². The normalized spacial score (nSPS) is 30.9. The molecule has 2 aromatic carbocycles. The van der Waals surface area contributed by atoms with Crippen LogP contribution in [0.4, 0.5) is 0 Å². The molecule has 1 aliphatic heterocycles. The number of ketones is 4. The number of hydrogen-bond acceptors (Lipinski definition) is 9. The Balaban J connectivity index is 1.36. The number of rotatable bonds is 4. The smallest absolute Gasteiger partial charge is 0.235 e. The number of halogens is 1. The van der Waals surface area contributed by atoms with Gasteiger partial charge in [-0.3, -0.25) is 33.8 Å². The molecule has 1 amide bonds. The van der Waals surface area contributed by atoms with Crippen LogP contribution in [0.5, 0.6) is 5.75 Å². The number of phenolic OH excluding ortho intramolecular Hbond substituents is 1. The molecule has 11 heteroatoms. The average Bonchev–Trinajstić information content (AvgIpc) is 2.93. The molecule has 42 heavy (non-hydrogen) atoms. The van der Waals surface area contributed by atoms with Crippen molar-refractivity contribution in [2.75, 3.05) is 20.6 Å². The van der Waals surface area contributed by atoms with Gasteiger partial charge in [-0.2, -0.15) is 0 Å². The molecule has 0 spiro atoms. The van der Waals surface area contributed by atoms with E-state index in [0.717, 1.165) is 13.0 Å². The summed E-state index contributed by atoms with van der Waals surface area (Å²) < 4.78 is 0. The van der Waals surface area contributed by atoms with Crippen molar-refractivity contribution >= 4 is 40.6 Å². The predicted octanol–water partition coefficient (Wildman–Crippen LogP) is 1.08. The highest BCUT2D eigenvalue weighted by molar-refractivity contribution is 6.34. The topological polar surface area (TPSA) is 158 Å². The summed E-state index contributed by atoms with van der Waals surface area (Å²) in [5.41, 5.74) is 6.09. The second-order valence-electron chi connectivity index (χ2n) is 12.2. The van der Waals surface area contributed by atoms with Crippen molar-refractivity contribution in [2.24, 2.45) is 29.4 Å². The van der Waals surface area contributed by atoms with E-state index in [1.54, 1.807) is 14.1 Å². The van der Waals surface area contributed by atoms with Gasteiger partial charge in [0.05, 0.1) is 17.5 Å². The van der Waals surface area contributed by atoms with Crippen LogP contribution in [-0.4, -0.2) is 81.3 Å². The molecule has 0 bridgehead atoms. The van der Waals surface area contributed by atoms with Gasteiger partial charge in [-0.15, -0.1) is 0 Å². The van der Waals surface area contributed by atoms with Gasteiger partial charge >= 0.3 is 0 Å². The summed E-state index contributed by atoms with van der Waals surface area (Å²) in [4.78, 5) is 70.2. The molecule has 0 aromatic heterocycles. The molecule has 3 aliphatic carbocycles. The van der Waals surface area contributed by atoms with Gasteiger partial charge in [-0.1, -0.05) is 35.9 Å². The number of aliphatic hydroxyl groups is 1. The fourth-order valence-electron chi connectivity index (χ4n) is 7.75.